The number of nitrogens with zero attached hydrogens (tertiary/aromatic N) is 1. The molecular formula is C28H21ClF3N3O5S2. The number of halogens is 4. The van der Waals surface area contributed by atoms with E-state index in [1.54, 1.807) is 30.3 Å². The summed E-state index contributed by atoms with van der Waals surface area (Å²) >= 11 is 5.59. The van der Waals surface area contributed by atoms with Gasteiger partial charge < -0.3 is 5.32 Å². The van der Waals surface area contributed by atoms with Crippen molar-refractivity contribution in [3.8, 4) is 11.1 Å². The Bertz CT molecular complexity index is 1930. The van der Waals surface area contributed by atoms with E-state index in [-0.39, 0.29) is 21.2 Å². The Morgan fingerprint density at radius 3 is 2.26 bits per heavy atom. The van der Waals surface area contributed by atoms with Crippen LogP contribution in [0.1, 0.15) is 11.1 Å². The lowest BCUT2D eigenvalue weighted by molar-refractivity contribution is -0.137. The van der Waals surface area contributed by atoms with Gasteiger partial charge in [0.05, 0.1) is 26.1 Å². The van der Waals surface area contributed by atoms with Crippen LogP contribution >= 0.6 is 11.6 Å². The maximum Gasteiger partial charge on any atom is 0.417 e. The lowest BCUT2D eigenvalue weighted by Crippen LogP contribution is -2.40. The SMILES string of the molecule is Cc1ccc2c(c1)-c1ccccc1S(=O)(=O)N2CC(=O)Nc1ccc(S(=O)(=O)Nc2ccc(Cl)c(C(F)(F)F)c2)cc1. The van der Waals surface area contributed by atoms with Crippen LogP contribution in [-0.4, -0.2) is 29.3 Å². The molecular weight excluding hydrogens is 615 g/mol. The number of amides is 1. The van der Waals surface area contributed by atoms with Crippen LogP contribution in [0.4, 0.5) is 30.2 Å². The number of aryl methyl sites for hydroxylation is 1. The number of rotatable bonds is 6. The predicted octanol–water partition coefficient (Wildman–Crippen LogP) is 6.28. The molecule has 5 rings (SSSR count). The van der Waals surface area contributed by atoms with Gasteiger partial charge in [-0.3, -0.25) is 13.8 Å². The first-order chi connectivity index (χ1) is 19.7. The molecule has 0 saturated carbocycles. The number of fused-ring (bicyclic) bond motifs is 3. The van der Waals surface area contributed by atoms with Crippen LogP contribution in [0, 0.1) is 6.92 Å². The molecule has 8 nitrogen and oxygen atoms in total. The molecule has 0 atom stereocenters. The first-order valence-corrected chi connectivity index (χ1v) is 15.5. The summed E-state index contributed by atoms with van der Waals surface area (Å²) in [5.74, 6) is -0.681. The molecule has 1 amide bonds. The van der Waals surface area contributed by atoms with Crippen molar-refractivity contribution >= 4 is 54.6 Å². The zero-order chi connectivity index (χ0) is 30.4. The molecule has 14 heteroatoms. The third kappa shape index (κ3) is 5.67. The average Bonchev–Trinajstić information content (AvgIpc) is 2.92. The Balaban J connectivity index is 1.33. The van der Waals surface area contributed by atoms with Gasteiger partial charge in [-0.05, 0) is 67.6 Å². The van der Waals surface area contributed by atoms with Gasteiger partial charge in [0, 0.05) is 22.5 Å². The Kier molecular flexibility index (Phi) is 7.46. The van der Waals surface area contributed by atoms with E-state index in [0.29, 0.717) is 22.9 Å². The topological polar surface area (TPSA) is 113 Å². The largest absolute Gasteiger partial charge is 0.417 e. The highest BCUT2D eigenvalue weighted by Crippen LogP contribution is 2.43. The van der Waals surface area contributed by atoms with Crippen molar-refractivity contribution in [1.29, 1.82) is 0 Å². The fourth-order valence-corrected chi connectivity index (χ4v) is 7.41. The maximum absolute atomic E-state index is 13.4. The van der Waals surface area contributed by atoms with Crippen LogP contribution in [0.5, 0.6) is 0 Å². The monoisotopic (exact) mass is 635 g/mol. The summed E-state index contributed by atoms with van der Waals surface area (Å²) in [6.45, 7) is 1.32. The second kappa shape index (κ2) is 10.6. The second-order valence-corrected chi connectivity index (χ2v) is 13.3. The van der Waals surface area contributed by atoms with Crippen molar-refractivity contribution in [2.45, 2.75) is 22.9 Å². The van der Waals surface area contributed by atoms with Crippen molar-refractivity contribution in [2.75, 3.05) is 20.9 Å². The molecule has 0 saturated heterocycles. The van der Waals surface area contributed by atoms with Crippen LogP contribution in [-0.2, 0) is 31.0 Å². The van der Waals surface area contributed by atoms with Gasteiger partial charge in [0.1, 0.15) is 6.54 Å². The molecule has 1 aliphatic heterocycles. The summed E-state index contributed by atoms with van der Waals surface area (Å²) in [6.07, 6.45) is -4.78. The van der Waals surface area contributed by atoms with Crippen molar-refractivity contribution in [1.82, 2.24) is 0 Å². The van der Waals surface area contributed by atoms with Gasteiger partial charge >= 0.3 is 6.18 Å². The first-order valence-electron chi connectivity index (χ1n) is 12.2. The van der Waals surface area contributed by atoms with E-state index in [1.165, 1.54) is 18.2 Å². The molecule has 218 valence electrons. The molecule has 0 unspecified atom stereocenters. The van der Waals surface area contributed by atoms with E-state index in [0.717, 1.165) is 34.1 Å². The van der Waals surface area contributed by atoms with Crippen molar-refractivity contribution in [3.05, 3.63) is 101 Å². The highest BCUT2D eigenvalue weighted by atomic mass is 35.5. The number of hydrogen-bond acceptors (Lipinski definition) is 5. The Morgan fingerprint density at radius 1 is 0.905 bits per heavy atom. The zero-order valence-electron chi connectivity index (χ0n) is 21.6. The lowest BCUT2D eigenvalue weighted by atomic mass is 10.0. The van der Waals surface area contributed by atoms with Gasteiger partial charge in [-0.2, -0.15) is 13.2 Å². The van der Waals surface area contributed by atoms with Crippen molar-refractivity contribution in [3.63, 3.8) is 0 Å². The molecule has 0 fully saturated rings. The third-order valence-corrected chi connectivity index (χ3v) is 9.97. The molecule has 4 aromatic rings. The molecule has 0 aromatic heterocycles. The van der Waals surface area contributed by atoms with Gasteiger partial charge in [0.15, 0.2) is 0 Å². The van der Waals surface area contributed by atoms with Crippen LogP contribution in [0.2, 0.25) is 5.02 Å². The van der Waals surface area contributed by atoms with Gasteiger partial charge in [-0.25, -0.2) is 16.8 Å². The Hall–Kier alpha value is -4.07. The number of hydrogen-bond donors (Lipinski definition) is 2. The normalized spacial score (nSPS) is 14.1. The standard InChI is InChI=1S/C28H21ClF3N3O5S2/c1-17-6-13-25-22(14-17)21-4-2-3-5-26(21)42(39,40)35(25)16-27(36)33-18-7-10-20(11-8-18)41(37,38)34-19-9-12-24(29)23(15-19)28(30,31)32/h2-15,34H,16H2,1H3,(H,33,36). The van der Waals surface area contributed by atoms with Gasteiger partial charge in [-0.1, -0.05) is 41.4 Å². The van der Waals surface area contributed by atoms with E-state index < -0.39 is 49.3 Å². The van der Waals surface area contributed by atoms with Crippen LogP contribution < -0.4 is 14.3 Å². The Labute approximate surface area is 244 Å². The quantitative estimate of drug-likeness (QED) is 0.259. The smallest absolute Gasteiger partial charge is 0.325 e. The van der Waals surface area contributed by atoms with E-state index >= 15 is 0 Å². The van der Waals surface area contributed by atoms with Crippen molar-refractivity contribution in [2.24, 2.45) is 0 Å². The van der Waals surface area contributed by atoms with E-state index in [1.807, 2.05) is 13.0 Å². The molecule has 4 aromatic carbocycles. The number of anilines is 3. The summed E-state index contributed by atoms with van der Waals surface area (Å²) in [5.41, 5.74) is 1.09. The molecule has 0 aliphatic carbocycles. The molecule has 0 bridgehead atoms. The highest BCUT2D eigenvalue weighted by Gasteiger charge is 2.36. The summed E-state index contributed by atoms with van der Waals surface area (Å²) < 4.78 is 95.0. The molecule has 42 heavy (non-hydrogen) atoms. The van der Waals surface area contributed by atoms with E-state index in [2.05, 4.69) is 10.0 Å². The number of carbonyl (C=O) groups excluding carboxylic acids is 1. The van der Waals surface area contributed by atoms with E-state index in [4.69, 9.17) is 11.6 Å². The zero-order valence-corrected chi connectivity index (χ0v) is 24.0. The van der Waals surface area contributed by atoms with Gasteiger partial charge in [0.2, 0.25) is 5.91 Å². The molecule has 1 heterocycles. The van der Waals surface area contributed by atoms with Crippen molar-refractivity contribution < 1.29 is 34.8 Å². The average molecular weight is 636 g/mol. The number of nitrogens with one attached hydrogen (secondary N) is 2. The maximum atomic E-state index is 13.4. The molecule has 2 N–H and O–H groups in total. The number of benzene rings is 4. The fourth-order valence-electron chi connectivity index (χ4n) is 4.48. The number of sulfonamides is 2. The predicted molar refractivity (Wildman–Crippen MR) is 153 cm³/mol. The minimum absolute atomic E-state index is 0.0704. The molecule has 0 radical (unpaired) electrons. The summed E-state index contributed by atoms with van der Waals surface area (Å²) in [5, 5.41) is 1.97. The second-order valence-electron chi connectivity index (χ2n) is 9.40. The minimum atomic E-state index is -4.78. The van der Waals surface area contributed by atoms with Gasteiger partial charge in [0.25, 0.3) is 20.0 Å². The summed E-state index contributed by atoms with van der Waals surface area (Å²) in [7, 11) is -8.36. The lowest BCUT2D eigenvalue weighted by Gasteiger charge is -2.31. The highest BCUT2D eigenvalue weighted by molar-refractivity contribution is 7.93. The van der Waals surface area contributed by atoms with E-state index in [9.17, 15) is 34.8 Å². The fraction of sp³-hybridized carbons (Fsp3) is 0.107. The number of alkyl halides is 3. The number of carbonyl (C=O) groups is 1. The summed E-state index contributed by atoms with van der Waals surface area (Å²) in [6, 6.07) is 19.2. The van der Waals surface area contributed by atoms with Crippen LogP contribution in [0.3, 0.4) is 0 Å². The molecule has 0 spiro atoms. The van der Waals surface area contributed by atoms with Gasteiger partial charge in [-0.15, -0.1) is 0 Å². The minimum Gasteiger partial charge on any atom is -0.325 e. The molecule has 1 aliphatic rings. The van der Waals surface area contributed by atoms with Crippen LogP contribution in [0.25, 0.3) is 11.1 Å². The van der Waals surface area contributed by atoms with Crippen LogP contribution in [0.15, 0.2) is 94.7 Å². The first kappa shape index (κ1) is 29.4. The Morgan fingerprint density at radius 2 is 1.57 bits per heavy atom. The third-order valence-electron chi connectivity index (χ3n) is 6.43. The summed E-state index contributed by atoms with van der Waals surface area (Å²) in [4.78, 5) is 12.8.